The first-order valence-electron chi connectivity index (χ1n) is 8.95. The quantitative estimate of drug-likeness (QED) is 0.625. The molecule has 1 saturated heterocycles. The number of aryl methyl sites for hydroxylation is 1. The summed E-state index contributed by atoms with van der Waals surface area (Å²) in [5.74, 6) is -0.319. The van der Waals surface area contributed by atoms with Crippen molar-refractivity contribution in [1.82, 2.24) is 10.2 Å². The Morgan fingerprint density at radius 1 is 1.22 bits per heavy atom. The molecule has 27 heavy (non-hydrogen) atoms. The molecule has 1 heterocycles. The maximum atomic E-state index is 12.8. The Morgan fingerprint density at radius 3 is 2.59 bits per heavy atom. The second kappa shape index (κ2) is 8.75. The average Bonchev–Trinajstić information content (AvgIpc) is 2.69. The van der Waals surface area contributed by atoms with Gasteiger partial charge in [-0.2, -0.15) is 0 Å². The largest absolute Gasteiger partial charge is 0.379 e. The number of amides is 1. The lowest BCUT2D eigenvalue weighted by atomic mass is 10.0. The number of nitro groups is 1. The molecule has 1 aliphatic heterocycles. The van der Waals surface area contributed by atoms with Crippen LogP contribution in [0.5, 0.6) is 0 Å². The summed E-state index contributed by atoms with van der Waals surface area (Å²) in [6.07, 6.45) is 0. The molecule has 1 N–H and O–H groups in total. The van der Waals surface area contributed by atoms with Gasteiger partial charge in [0.15, 0.2) is 0 Å². The molecule has 0 bridgehead atoms. The van der Waals surface area contributed by atoms with Crippen molar-refractivity contribution in [3.8, 4) is 0 Å². The van der Waals surface area contributed by atoms with Crippen LogP contribution in [0.25, 0.3) is 0 Å². The second-order valence-electron chi connectivity index (χ2n) is 6.61. The third-order valence-electron chi connectivity index (χ3n) is 4.72. The van der Waals surface area contributed by atoms with Crippen LogP contribution in [-0.4, -0.2) is 48.6 Å². The van der Waals surface area contributed by atoms with Crippen LogP contribution in [0.4, 0.5) is 5.69 Å². The molecule has 1 fully saturated rings. The molecule has 0 aliphatic carbocycles. The first-order valence-corrected chi connectivity index (χ1v) is 8.95. The molecule has 1 atom stereocenters. The topological polar surface area (TPSA) is 84.7 Å². The van der Waals surface area contributed by atoms with Crippen LogP contribution < -0.4 is 5.32 Å². The molecular weight excluding hydrogens is 346 g/mol. The molecule has 1 aliphatic rings. The number of hydrogen-bond acceptors (Lipinski definition) is 5. The van der Waals surface area contributed by atoms with E-state index in [9.17, 15) is 14.9 Å². The average molecular weight is 369 g/mol. The molecule has 7 heteroatoms. The predicted octanol–water partition coefficient (Wildman–Crippen LogP) is 2.71. The lowest BCUT2D eigenvalue weighted by Crippen LogP contribution is -2.43. The van der Waals surface area contributed by atoms with Crippen molar-refractivity contribution in [3.05, 3.63) is 75.3 Å². The molecule has 0 aromatic heterocycles. The molecule has 3 rings (SSSR count). The van der Waals surface area contributed by atoms with E-state index in [4.69, 9.17) is 4.74 Å². The van der Waals surface area contributed by atoms with Crippen molar-refractivity contribution in [2.45, 2.75) is 13.0 Å². The van der Waals surface area contributed by atoms with E-state index in [0.717, 1.165) is 18.7 Å². The number of carbonyl (C=O) groups is 1. The fraction of sp³-hybridized carbons (Fsp3) is 0.350. The van der Waals surface area contributed by atoms with E-state index in [0.29, 0.717) is 25.3 Å². The smallest absolute Gasteiger partial charge is 0.273 e. The summed E-state index contributed by atoms with van der Waals surface area (Å²) in [6, 6.07) is 14.1. The van der Waals surface area contributed by atoms with Crippen molar-refractivity contribution in [1.29, 1.82) is 0 Å². The summed E-state index contributed by atoms with van der Waals surface area (Å²) >= 11 is 0. The molecule has 142 valence electrons. The lowest BCUT2D eigenvalue weighted by molar-refractivity contribution is -0.385. The van der Waals surface area contributed by atoms with Gasteiger partial charge in [-0.05, 0) is 18.6 Å². The van der Waals surface area contributed by atoms with Gasteiger partial charge in [0.2, 0.25) is 0 Å². The van der Waals surface area contributed by atoms with Crippen LogP contribution in [0.15, 0.2) is 48.5 Å². The minimum atomic E-state index is -0.464. The normalized spacial score (nSPS) is 15.9. The van der Waals surface area contributed by atoms with Gasteiger partial charge in [-0.1, -0.05) is 36.4 Å². The highest BCUT2D eigenvalue weighted by Crippen LogP contribution is 2.21. The second-order valence-corrected chi connectivity index (χ2v) is 6.61. The molecule has 0 spiro atoms. The van der Waals surface area contributed by atoms with Crippen molar-refractivity contribution in [2.24, 2.45) is 0 Å². The first-order chi connectivity index (χ1) is 13.0. The monoisotopic (exact) mass is 369 g/mol. The Morgan fingerprint density at radius 2 is 1.93 bits per heavy atom. The van der Waals surface area contributed by atoms with Crippen LogP contribution in [-0.2, 0) is 4.74 Å². The molecule has 2 aromatic rings. The van der Waals surface area contributed by atoms with Gasteiger partial charge < -0.3 is 10.1 Å². The van der Waals surface area contributed by atoms with Gasteiger partial charge in [-0.15, -0.1) is 0 Å². The fourth-order valence-electron chi connectivity index (χ4n) is 3.15. The number of carbonyl (C=O) groups excluding carboxylic acids is 1. The standard InChI is InChI=1S/C20H23N3O4/c1-15-7-8-17(13-19(15)23(25)26)20(24)21-18(16-5-3-2-4-6-16)14-22-9-11-27-12-10-22/h2-8,13,18H,9-12,14H2,1H3,(H,21,24)/t18-/m1/s1. The molecule has 0 saturated carbocycles. The number of rotatable bonds is 6. The van der Waals surface area contributed by atoms with E-state index in [2.05, 4.69) is 10.2 Å². The summed E-state index contributed by atoms with van der Waals surface area (Å²) in [5, 5.41) is 14.2. The van der Waals surface area contributed by atoms with Gasteiger partial charge in [0.05, 0.1) is 24.2 Å². The maximum absolute atomic E-state index is 12.8. The molecule has 7 nitrogen and oxygen atoms in total. The maximum Gasteiger partial charge on any atom is 0.273 e. The van der Waals surface area contributed by atoms with Gasteiger partial charge in [-0.25, -0.2) is 0 Å². The van der Waals surface area contributed by atoms with E-state index in [1.54, 1.807) is 19.1 Å². The summed E-state index contributed by atoms with van der Waals surface area (Å²) < 4.78 is 5.39. The third kappa shape index (κ3) is 4.90. The van der Waals surface area contributed by atoms with E-state index < -0.39 is 4.92 Å². The van der Waals surface area contributed by atoms with Gasteiger partial charge in [0, 0.05) is 36.8 Å². The number of nitrogens with zero attached hydrogens (tertiary/aromatic N) is 2. The minimum absolute atomic E-state index is 0.0490. The van der Waals surface area contributed by atoms with Crippen LogP contribution in [0, 0.1) is 17.0 Å². The van der Waals surface area contributed by atoms with Crippen LogP contribution >= 0.6 is 0 Å². The predicted molar refractivity (Wildman–Crippen MR) is 102 cm³/mol. The van der Waals surface area contributed by atoms with E-state index >= 15 is 0 Å². The zero-order valence-electron chi connectivity index (χ0n) is 15.3. The third-order valence-corrected chi connectivity index (χ3v) is 4.72. The van der Waals surface area contributed by atoms with Crippen molar-refractivity contribution < 1.29 is 14.5 Å². The summed E-state index contributed by atoms with van der Waals surface area (Å²) in [5.41, 5.74) is 1.77. The molecule has 0 unspecified atom stereocenters. The molecule has 0 radical (unpaired) electrons. The molecule has 1 amide bonds. The minimum Gasteiger partial charge on any atom is -0.379 e. The van der Waals surface area contributed by atoms with Gasteiger partial charge in [-0.3, -0.25) is 19.8 Å². The number of ether oxygens (including phenoxy) is 1. The number of hydrogen-bond donors (Lipinski definition) is 1. The van der Waals surface area contributed by atoms with Crippen LogP contribution in [0.1, 0.15) is 27.5 Å². The highest BCUT2D eigenvalue weighted by Gasteiger charge is 2.22. The highest BCUT2D eigenvalue weighted by atomic mass is 16.6. The van der Waals surface area contributed by atoms with Crippen molar-refractivity contribution >= 4 is 11.6 Å². The fourth-order valence-corrected chi connectivity index (χ4v) is 3.15. The summed E-state index contributed by atoms with van der Waals surface area (Å²) in [6.45, 7) is 5.31. The number of morpholine rings is 1. The zero-order valence-corrected chi connectivity index (χ0v) is 15.3. The number of benzene rings is 2. The Bertz CT molecular complexity index is 804. The highest BCUT2D eigenvalue weighted by molar-refractivity contribution is 5.95. The Balaban J connectivity index is 1.79. The van der Waals surface area contributed by atoms with E-state index in [1.807, 2.05) is 30.3 Å². The summed E-state index contributed by atoms with van der Waals surface area (Å²) in [4.78, 5) is 25.7. The first kappa shape index (κ1) is 19.0. The lowest BCUT2D eigenvalue weighted by Gasteiger charge is -2.31. The SMILES string of the molecule is Cc1ccc(C(=O)N[C@H](CN2CCOCC2)c2ccccc2)cc1[N+](=O)[O-]. The Labute approximate surface area is 158 Å². The zero-order chi connectivity index (χ0) is 19.2. The van der Waals surface area contributed by atoms with E-state index in [1.165, 1.54) is 6.07 Å². The van der Waals surface area contributed by atoms with Crippen LogP contribution in [0.3, 0.4) is 0 Å². The molecular formula is C20H23N3O4. The Kier molecular flexibility index (Phi) is 6.16. The van der Waals surface area contributed by atoms with Gasteiger partial charge in [0.25, 0.3) is 11.6 Å². The van der Waals surface area contributed by atoms with Crippen molar-refractivity contribution in [3.63, 3.8) is 0 Å². The number of nitrogens with one attached hydrogen (secondary N) is 1. The van der Waals surface area contributed by atoms with Crippen LogP contribution in [0.2, 0.25) is 0 Å². The summed E-state index contributed by atoms with van der Waals surface area (Å²) in [7, 11) is 0. The Hall–Kier alpha value is -2.77. The van der Waals surface area contributed by atoms with Crippen molar-refractivity contribution in [2.75, 3.05) is 32.8 Å². The molecule has 2 aromatic carbocycles. The van der Waals surface area contributed by atoms with Gasteiger partial charge >= 0.3 is 0 Å². The number of nitro benzene ring substituents is 1. The van der Waals surface area contributed by atoms with Gasteiger partial charge in [0.1, 0.15) is 0 Å². The van der Waals surface area contributed by atoms with E-state index in [-0.39, 0.29) is 23.2 Å².